The average Bonchev–Trinajstić information content (AvgIpc) is 3.18. The van der Waals surface area contributed by atoms with Crippen molar-refractivity contribution in [3.8, 4) is 5.75 Å². The van der Waals surface area contributed by atoms with Crippen molar-refractivity contribution in [1.82, 2.24) is 10.6 Å². The lowest BCUT2D eigenvalue weighted by atomic mass is 10.2. The van der Waals surface area contributed by atoms with Gasteiger partial charge in [0.25, 0.3) is 0 Å². The van der Waals surface area contributed by atoms with Gasteiger partial charge < -0.3 is 15.4 Å². The molecule has 0 saturated carbocycles. The quantitative estimate of drug-likeness (QED) is 0.481. The van der Waals surface area contributed by atoms with E-state index in [1.165, 1.54) is 5.56 Å². The molecule has 1 aliphatic carbocycles. The first-order valence-electron chi connectivity index (χ1n) is 8.71. The van der Waals surface area contributed by atoms with Crippen molar-refractivity contribution in [3.05, 3.63) is 77.9 Å². The molecule has 0 fully saturated rings. The van der Waals surface area contributed by atoms with Gasteiger partial charge in [0.15, 0.2) is 5.96 Å². The Hall–Kier alpha value is -2.75. The van der Waals surface area contributed by atoms with E-state index in [1.54, 1.807) is 7.05 Å². The molecule has 0 bridgehead atoms. The number of rotatable bonds is 6. The maximum absolute atomic E-state index is 5.89. The molecule has 25 heavy (non-hydrogen) atoms. The molecule has 0 saturated heterocycles. The largest absolute Gasteiger partial charge is 0.489 e. The zero-order valence-corrected chi connectivity index (χ0v) is 14.6. The van der Waals surface area contributed by atoms with Gasteiger partial charge in [0.05, 0.1) is 0 Å². The summed E-state index contributed by atoms with van der Waals surface area (Å²) < 4.78 is 5.89. The van der Waals surface area contributed by atoms with Crippen molar-refractivity contribution in [1.29, 1.82) is 0 Å². The van der Waals surface area contributed by atoms with Crippen LogP contribution in [-0.2, 0) is 13.2 Å². The van der Waals surface area contributed by atoms with Crippen molar-refractivity contribution in [2.75, 3.05) is 7.05 Å². The molecule has 0 aliphatic heterocycles. The highest BCUT2D eigenvalue weighted by molar-refractivity contribution is 5.80. The molecule has 2 aromatic rings. The minimum absolute atomic E-state index is 0.451. The molecule has 0 radical (unpaired) electrons. The predicted octanol–water partition coefficient (Wildman–Crippen LogP) is 3.65. The summed E-state index contributed by atoms with van der Waals surface area (Å²) in [6, 6.07) is 18.8. The SMILES string of the molecule is CN=C(NCc1cccc(OCc2ccccc2)c1)NC1CC=CC1. The molecule has 130 valence electrons. The van der Waals surface area contributed by atoms with Gasteiger partial charge in [-0.05, 0) is 36.1 Å². The fourth-order valence-electron chi connectivity index (χ4n) is 2.79. The fourth-order valence-corrected chi connectivity index (χ4v) is 2.79. The Bertz CT molecular complexity index is 717. The summed E-state index contributed by atoms with van der Waals surface area (Å²) in [5.41, 5.74) is 2.33. The molecule has 0 unspecified atom stereocenters. The van der Waals surface area contributed by atoms with Crippen molar-refractivity contribution in [2.45, 2.75) is 32.0 Å². The van der Waals surface area contributed by atoms with Crippen LogP contribution in [-0.4, -0.2) is 19.0 Å². The Kier molecular flexibility index (Phi) is 6.10. The van der Waals surface area contributed by atoms with Gasteiger partial charge in [-0.15, -0.1) is 0 Å². The van der Waals surface area contributed by atoms with Crippen molar-refractivity contribution in [2.24, 2.45) is 4.99 Å². The topological polar surface area (TPSA) is 45.7 Å². The van der Waals surface area contributed by atoms with Crippen molar-refractivity contribution < 1.29 is 4.74 Å². The summed E-state index contributed by atoms with van der Waals surface area (Å²) in [6.45, 7) is 1.29. The van der Waals surface area contributed by atoms with Gasteiger partial charge in [0.2, 0.25) is 0 Å². The molecule has 0 spiro atoms. The highest BCUT2D eigenvalue weighted by atomic mass is 16.5. The van der Waals surface area contributed by atoms with Gasteiger partial charge in [-0.25, -0.2) is 0 Å². The van der Waals surface area contributed by atoms with Crippen LogP contribution in [0, 0.1) is 0 Å². The first-order chi connectivity index (χ1) is 12.3. The Balaban J connectivity index is 1.50. The summed E-state index contributed by atoms with van der Waals surface area (Å²) in [5, 5.41) is 6.81. The van der Waals surface area contributed by atoms with Gasteiger partial charge in [0, 0.05) is 19.6 Å². The summed E-state index contributed by atoms with van der Waals surface area (Å²) in [4.78, 5) is 4.30. The van der Waals surface area contributed by atoms with Crippen LogP contribution >= 0.6 is 0 Å². The number of nitrogens with zero attached hydrogens (tertiary/aromatic N) is 1. The van der Waals surface area contributed by atoms with E-state index in [0.717, 1.165) is 30.1 Å². The highest BCUT2D eigenvalue weighted by Gasteiger charge is 2.11. The van der Waals surface area contributed by atoms with E-state index in [4.69, 9.17) is 4.74 Å². The Morgan fingerprint density at radius 1 is 1.04 bits per heavy atom. The maximum atomic E-state index is 5.89. The number of hydrogen-bond donors (Lipinski definition) is 2. The second-order valence-electron chi connectivity index (χ2n) is 6.13. The number of nitrogens with one attached hydrogen (secondary N) is 2. The second-order valence-corrected chi connectivity index (χ2v) is 6.13. The Morgan fingerprint density at radius 2 is 1.80 bits per heavy atom. The lowest BCUT2D eigenvalue weighted by molar-refractivity contribution is 0.306. The summed E-state index contributed by atoms with van der Waals surface area (Å²) in [6.07, 6.45) is 6.53. The molecule has 2 N–H and O–H groups in total. The fraction of sp³-hybridized carbons (Fsp3) is 0.286. The van der Waals surface area contributed by atoms with E-state index in [1.807, 2.05) is 30.3 Å². The van der Waals surface area contributed by atoms with E-state index in [9.17, 15) is 0 Å². The number of benzene rings is 2. The number of ether oxygens (including phenoxy) is 1. The average molecular weight is 335 g/mol. The minimum Gasteiger partial charge on any atom is -0.489 e. The van der Waals surface area contributed by atoms with Crippen LogP contribution in [0.15, 0.2) is 71.7 Å². The number of hydrogen-bond acceptors (Lipinski definition) is 2. The van der Waals surface area contributed by atoms with E-state index >= 15 is 0 Å². The number of aliphatic imine (C=N–C) groups is 1. The third-order valence-corrected chi connectivity index (χ3v) is 4.18. The number of guanidine groups is 1. The van der Waals surface area contributed by atoms with E-state index in [-0.39, 0.29) is 0 Å². The van der Waals surface area contributed by atoms with Crippen molar-refractivity contribution in [3.63, 3.8) is 0 Å². The molecular weight excluding hydrogens is 310 g/mol. The second kappa shape index (κ2) is 8.92. The van der Waals surface area contributed by atoms with Gasteiger partial charge in [0.1, 0.15) is 12.4 Å². The first kappa shape index (κ1) is 17.1. The Morgan fingerprint density at radius 3 is 2.56 bits per heavy atom. The molecule has 4 nitrogen and oxygen atoms in total. The van der Waals surface area contributed by atoms with Gasteiger partial charge in [-0.2, -0.15) is 0 Å². The maximum Gasteiger partial charge on any atom is 0.191 e. The monoisotopic (exact) mass is 335 g/mol. The smallest absolute Gasteiger partial charge is 0.191 e. The highest BCUT2D eigenvalue weighted by Crippen LogP contribution is 2.15. The summed E-state index contributed by atoms with van der Waals surface area (Å²) >= 11 is 0. The minimum atomic E-state index is 0.451. The third-order valence-electron chi connectivity index (χ3n) is 4.18. The summed E-state index contributed by atoms with van der Waals surface area (Å²) in [5.74, 6) is 1.72. The lowest BCUT2D eigenvalue weighted by Gasteiger charge is -2.17. The molecule has 3 rings (SSSR count). The molecular formula is C21H25N3O. The first-order valence-corrected chi connectivity index (χ1v) is 8.71. The van der Waals surface area contributed by atoms with Crippen LogP contribution in [0.5, 0.6) is 5.75 Å². The molecule has 1 aliphatic rings. The van der Waals surface area contributed by atoms with Gasteiger partial charge in [-0.3, -0.25) is 4.99 Å². The standard InChI is InChI=1S/C21H25N3O/c1-22-21(24-19-11-5-6-12-19)23-15-18-10-7-13-20(14-18)25-16-17-8-3-2-4-9-17/h2-10,13-14,19H,11-12,15-16H2,1H3,(H2,22,23,24). The molecule has 0 amide bonds. The van der Waals surface area contributed by atoms with Crippen LogP contribution in [0.2, 0.25) is 0 Å². The molecule has 0 heterocycles. The van der Waals surface area contributed by atoms with Crippen LogP contribution in [0.1, 0.15) is 24.0 Å². The van der Waals surface area contributed by atoms with E-state index in [0.29, 0.717) is 19.2 Å². The zero-order valence-electron chi connectivity index (χ0n) is 14.6. The van der Waals surface area contributed by atoms with Crippen LogP contribution in [0.25, 0.3) is 0 Å². The van der Waals surface area contributed by atoms with Crippen LogP contribution in [0.4, 0.5) is 0 Å². The van der Waals surface area contributed by atoms with Gasteiger partial charge >= 0.3 is 0 Å². The van der Waals surface area contributed by atoms with E-state index in [2.05, 4.69) is 52.0 Å². The Labute approximate surface area is 149 Å². The molecule has 0 atom stereocenters. The molecule has 4 heteroatoms. The molecule has 0 aromatic heterocycles. The van der Waals surface area contributed by atoms with Crippen molar-refractivity contribution >= 4 is 5.96 Å². The predicted molar refractivity (Wildman–Crippen MR) is 103 cm³/mol. The lowest BCUT2D eigenvalue weighted by Crippen LogP contribution is -2.42. The van der Waals surface area contributed by atoms with E-state index < -0.39 is 0 Å². The van der Waals surface area contributed by atoms with Crippen LogP contribution < -0.4 is 15.4 Å². The van der Waals surface area contributed by atoms with Gasteiger partial charge in [-0.1, -0.05) is 54.6 Å². The van der Waals surface area contributed by atoms with Crippen LogP contribution in [0.3, 0.4) is 0 Å². The molecule has 2 aromatic carbocycles. The normalized spacial score (nSPS) is 14.5. The summed E-state index contributed by atoms with van der Waals surface area (Å²) in [7, 11) is 1.80. The zero-order chi connectivity index (χ0) is 17.3. The third kappa shape index (κ3) is 5.38.